The van der Waals surface area contributed by atoms with Crippen LogP contribution in [0.15, 0.2) is 18.2 Å². The number of benzene rings is 1. The zero-order valence-corrected chi connectivity index (χ0v) is 22.1. The summed E-state index contributed by atoms with van der Waals surface area (Å²) in [5.41, 5.74) is 0.849. The van der Waals surface area contributed by atoms with E-state index in [2.05, 4.69) is 11.4 Å². The van der Waals surface area contributed by atoms with Crippen LogP contribution < -0.4 is 5.32 Å². The quantitative estimate of drug-likeness (QED) is 0.538. The van der Waals surface area contributed by atoms with Crippen LogP contribution in [-0.2, 0) is 16.0 Å². The van der Waals surface area contributed by atoms with E-state index in [1.54, 1.807) is 17.0 Å². The Morgan fingerprint density at radius 3 is 2.53 bits per heavy atom. The van der Waals surface area contributed by atoms with Gasteiger partial charge in [-0.1, -0.05) is 12.1 Å². The number of ketones is 1. The molecule has 2 aliphatic carbocycles. The van der Waals surface area contributed by atoms with Crippen molar-refractivity contribution in [3.8, 4) is 6.07 Å². The minimum Gasteiger partial charge on any atom is -0.444 e. The van der Waals surface area contributed by atoms with Crippen LogP contribution in [0.2, 0.25) is 0 Å². The summed E-state index contributed by atoms with van der Waals surface area (Å²) in [7, 11) is 1.99. The lowest BCUT2D eigenvalue weighted by Crippen LogP contribution is -2.51. The third-order valence-corrected chi connectivity index (χ3v) is 8.30. The summed E-state index contributed by atoms with van der Waals surface area (Å²) in [6.07, 6.45) is 6.60. The van der Waals surface area contributed by atoms with E-state index in [1.165, 1.54) is 0 Å². The number of nitrogens with one attached hydrogen (secondary N) is 1. The molecule has 1 amide bonds. The Hall–Kier alpha value is -2.46. The second-order valence-electron chi connectivity index (χ2n) is 11.9. The van der Waals surface area contributed by atoms with Crippen molar-refractivity contribution in [1.29, 1.82) is 5.26 Å². The van der Waals surface area contributed by atoms with Crippen molar-refractivity contribution in [1.82, 2.24) is 10.2 Å². The van der Waals surface area contributed by atoms with E-state index in [4.69, 9.17) is 4.74 Å². The first-order valence-corrected chi connectivity index (χ1v) is 13.5. The topological polar surface area (TPSA) is 82.4 Å². The Morgan fingerprint density at radius 2 is 1.92 bits per heavy atom. The first-order chi connectivity index (χ1) is 17.1. The average Bonchev–Trinajstić information content (AvgIpc) is 3.45. The van der Waals surface area contributed by atoms with Crippen molar-refractivity contribution in [2.24, 2.45) is 11.8 Å². The minimum absolute atomic E-state index is 0.0128. The summed E-state index contributed by atoms with van der Waals surface area (Å²) in [5.74, 6) is -0.570. The SMILES string of the molecule is CNC1CCC(c2ccc(C[C@@H](C#N)CC(=O)[C@@H]3[C@H]4CC[C@H](C4)N3C(=O)OC(C)(C)C)c(F)c2)CC1. The predicted octanol–water partition coefficient (Wildman–Crippen LogP) is 5.50. The van der Waals surface area contributed by atoms with Gasteiger partial charge >= 0.3 is 6.09 Å². The zero-order valence-electron chi connectivity index (χ0n) is 22.1. The fraction of sp³-hybridized carbons (Fsp3) is 0.690. The van der Waals surface area contributed by atoms with Gasteiger partial charge in [-0.05, 0) is 108 Å². The van der Waals surface area contributed by atoms with Crippen molar-refractivity contribution >= 4 is 11.9 Å². The maximum Gasteiger partial charge on any atom is 0.411 e. The molecule has 4 atom stereocenters. The van der Waals surface area contributed by atoms with E-state index in [1.807, 2.05) is 33.9 Å². The fourth-order valence-electron chi connectivity index (χ4n) is 6.47. The van der Waals surface area contributed by atoms with Crippen molar-refractivity contribution in [2.45, 2.75) is 108 Å². The number of nitriles is 1. The van der Waals surface area contributed by atoms with E-state index in [0.717, 1.165) is 50.5 Å². The number of amides is 1. The molecule has 1 N–H and O–H groups in total. The number of carbonyl (C=O) groups excluding carboxylic acids is 2. The van der Waals surface area contributed by atoms with Gasteiger partial charge in [-0.15, -0.1) is 0 Å². The van der Waals surface area contributed by atoms with Crippen LogP contribution in [0, 0.1) is 29.0 Å². The Morgan fingerprint density at radius 1 is 1.19 bits per heavy atom. The molecule has 2 bridgehead atoms. The summed E-state index contributed by atoms with van der Waals surface area (Å²) >= 11 is 0. The van der Waals surface area contributed by atoms with Crippen LogP contribution in [0.4, 0.5) is 9.18 Å². The lowest BCUT2D eigenvalue weighted by atomic mass is 9.81. The molecule has 0 aromatic heterocycles. The van der Waals surface area contributed by atoms with Gasteiger partial charge in [0.05, 0.1) is 18.0 Å². The van der Waals surface area contributed by atoms with E-state index in [0.29, 0.717) is 17.5 Å². The van der Waals surface area contributed by atoms with Gasteiger partial charge in [0.15, 0.2) is 5.78 Å². The van der Waals surface area contributed by atoms with E-state index in [-0.39, 0.29) is 36.4 Å². The van der Waals surface area contributed by atoms with Crippen molar-refractivity contribution in [2.75, 3.05) is 7.05 Å². The molecule has 2 saturated carbocycles. The Labute approximate surface area is 214 Å². The van der Waals surface area contributed by atoms with Gasteiger partial charge in [0, 0.05) is 18.5 Å². The number of nitrogens with zero attached hydrogens (tertiary/aromatic N) is 2. The summed E-state index contributed by atoms with van der Waals surface area (Å²) in [5, 5.41) is 13.1. The van der Waals surface area contributed by atoms with Crippen molar-refractivity contribution < 1.29 is 18.7 Å². The Kier molecular flexibility index (Phi) is 8.04. The molecule has 1 saturated heterocycles. The van der Waals surface area contributed by atoms with E-state index < -0.39 is 23.7 Å². The maximum absolute atomic E-state index is 15.1. The first-order valence-electron chi connectivity index (χ1n) is 13.5. The van der Waals surface area contributed by atoms with Crippen LogP contribution in [0.5, 0.6) is 0 Å². The highest BCUT2D eigenvalue weighted by molar-refractivity contribution is 5.89. The second kappa shape index (κ2) is 10.9. The monoisotopic (exact) mass is 497 g/mol. The largest absolute Gasteiger partial charge is 0.444 e. The first kappa shape index (κ1) is 26.6. The van der Waals surface area contributed by atoms with Gasteiger partial charge in [-0.3, -0.25) is 9.69 Å². The van der Waals surface area contributed by atoms with Crippen LogP contribution in [0.1, 0.15) is 89.2 Å². The number of ether oxygens (including phenoxy) is 1. The molecular formula is C29H40FN3O3. The molecule has 0 radical (unpaired) electrons. The summed E-state index contributed by atoms with van der Waals surface area (Å²) in [6.45, 7) is 5.44. The molecule has 1 heterocycles. The number of hydrogen-bond donors (Lipinski definition) is 1. The Bertz CT molecular complexity index is 1010. The number of likely N-dealkylation sites (tertiary alicyclic amines) is 1. The predicted molar refractivity (Wildman–Crippen MR) is 136 cm³/mol. The van der Waals surface area contributed by atoms with E-state index >= 15 is 4.39 Å². The lowest BCUT2D eigenvalue weighted by Gasteiger charge is -2.35. The molecule has 1 aliphatic heterocycles. The molecule has 3 aliphatic rings. The molecule has 4 rings (SSSR count). The molecular weight excluding hydrogens is 457 g/mol. The molecule has 0 spiro atoms. The highest BCUT2D eigenvalue weighted by Crippen LogP contribution is 2.44. The Balaban J connectivity index is 1.40. The van der Waals surface area contributed by atoms with Gasteiger partial charge in [-0.25, -0.2) is 9.18 Å². The standard InChI is InChI=1S/C29H40FN3O3/c1-29(2,3)36-28(35)33-24-12-9-22(15-24)27(33)26(34)14-18(17-31)13-21-6-5-20(16-25(21)30)19-7-10-23(32-4)11-8-19/h5-6,16,18-19,22-24,27,32H,7-15H2,1-4H3/t18-,19?,22+,23?,24-,27+/m1/s1. The van der Waals surface area contributed by atoms with E-state index in [9.17, 15) is 14.9 Å². The van der Waals surface area contributed by atoms with Crippen LogP contribution in [-0.4, -0.2) is 47.6 Å². The minimum atomic E-state index is -0.641. The van der Waals surface area contributed by atoms with Gasteiger partial charge in [0.1, 0.15) is 11.4 Å². The summed E-state index contributed by atoms with van der Waals surface area (Å²) in [6, 6.07) is 7.63. The lowest BCUT2D eigenvalue weighted by molar-refractivity contribution is -0.126. The van der Waals surface area contributed by atoms with Crippen molar-refractivity contribution in [3.63, 3.8) is 0 Å². The highest BCUT2D eigenvalue weighted by Gasteiger charge is 2.52. The van der Waals surface area contributed by atoms with Gasteiger partial charge in [0.25, 0.3) is 0 Å². The second-order valence-corrected chi connectivity index (χ2v) is 11.9. The van der Waals surface area contributed by atoms with Gasteiger partial charge in [-0.2, -0.15) is 5.26 Å². The number of carbonyl (C=O) groups is 2. The molecule has 0 unspecified atom stereocenters. The molecule has 1 aromatic carbocycles. The number of fused-ring (bicyclic) bond motifs is 2. The molecule has 3 fully saturated rings. The summed E-state index contributed by atoms with van der Waals surface area (Å²) in [4.78, 5) is 27.9. The third-order valence-electron chi connectivity index (χ3n) is 8.30. The number of Topliss-reactive ketones (excluding diaryl/α,β-unsaturated/α-hetero) is 1. The summed E-state index contributed by atoms with van der Waals surface area (Å²) < 4.78 is 20.6. The molecule has 196 valence electrons. The van der Waals surface area contributed by atoms with Crippen LogP contribution in [0.25, 0.3) is 0 Å². The van der Waals surface area contributed by atoms with Gasteiger partial charge < -0.3 is 10.1 Å². The molecule has 1 aromatic rings. The third kappa shape index (κ3) is 5.91. The molecule has 6 nitrogen and oxygen atoms in total. The number of halogens is 1. The number of hydrogen-bond acceptors (Lipinski definition) is 5. The smallest absolute Gasteiger partial charge is 0.411 e. The molecule has 36 heavy (non-hydrogen) atoms. The van der Waals surface area contributed by atoms with Crippen LogP contribution >= 0.6 is 0 Å². The van der Waals surface area contributed by atoms with Crippen LogP contribution in [0.3, 0.4) is 0 Å². The highest BCUT2D eigenvalue weighted by atomic mass is 19.1. The number of rotatable bonds is 7. The number of piperidine rings is 1. The van der Waals surface area contributed by atoms with Gasteiger partial charge in [0.2, 0.25) is 0 Å². The average molecular weight is 498 g/mol. The zero-order chi connectivity index (χ0) is 26.0. The molecule has 7 heteroatoms. The maximum atomic E-state index is 15.1. The fourth-order valence-corrected chi connectivity index (χ4v) is 6.47. The normalized spacial score (nSPS) is 28.6. The van der Waals surface area contributed by atoms with Crippen molar-refractivity contribution in [3.05, 3.63) is 35.1 Å².